The van der Waals surface area contributed by atoms with Crippen LogP contribution in [0.2, 0.25) is 0 Å². The van der Waals surface area contributed by atoms with Crippen molar-refractivity contribution in [1.29, 1.82) is 0 Å². The van der Waals surface area contributed by atoms with Crippen molar-refractivity contribution in [3.05, 3.63) is 34.1 Å². The van der Waals surface area contributed by atoms with E-state index >= 15 is 0 Å². The molecule has 0 aliphatic heterocycles. The van der Waals surface area contributed by atoms with Crippen molar-refractivity contribution in [2.45, 2.75) is 6.10 Å². The zero-order valence-corrected chi connectivity index (χ0v) is 11.8. The third kappa shape index (κ3) is 4.36. The van der Waals surface area contributed by atoms with Gasteiger partial charge in [-0.3, -0.25) is 4.79 Å². The van der Waals surface area contributed by atoms with Gasteiger partial charge in [-0.05, 0) is 18.2 Å². The Hall–Kier alpha value is -0.980. The molecular weight excluding hydrogens is 305 g/mol. The number of hydrogen-bond donors (Lipinski definition) is 1. The van der Waals surface area contributed by atoms with Crippen LogP contribution in [0.15, 0.2) is 22.7 Å². The number of aliphatic hydroxyl groups is 1. The van der Waals surface area contributed by atoms with Crippen LogP contribution in [0.25, 0.3) is 0 Å². The van der Waals surface area contributed by atoms with Gasteiger partial charge >= 0.3 is 0 Å². The highest BCUT2D eigenvalue weighted by Crippen LogP contribution is 2.16. The second kappa shape index (κ2) is 6.82. The number of likely N-dealkylation sites (N-methyl/N-ethyl adjacent to an activating group) is 1. The van der Waals surface area contributed by atoms with Crippen molar-refractivity contribution in [3.8, 4) is 0 Å². The molecule has 100 valence electrons. The molecule has 0 aliphatic carbocycles. The van der Waals surface area contributed by atoms with Crippen molar-refractivity contribution in [1.82, 2.24) is 4.90 Å². The molecule has 0 fully saturated rings. The Kier molecular flexibility index (Phi) is 5.71. The topological polar surface area (TPSA) is 49.8 Å². The molecule has 0 bridgehead atoms. The van der Waals surface area contributed by atoms with Gasteiger partial charge < -0.3 is 14.7 Å². The van der Waals surface area contributed by atoms with E-state index in [0.717, 1.165) is 6.07 Å². The minimum atomic E-state index is -0.763. The number of halogens is 2. The van der Waals surface area contributed by atoms with Crippen molar-refractivity contribution < 1.29 is 19.0 Å². The summed E-state index contributed by atoms with van der Waals surface area (Å²) in [6.07, 6.45) is -0.763. The molecule has 1 aromatic carbocycles. The molecule has 1 unspecified atom stereocenters. The molecule has 0 spiro atoms. The van der Waals surface area contributed by atoms with E-state index in [9.17, 15) is 14.3 Å². The Labute approximate surface area is 113 Å². The standard InChI is InChI=1S/C12H15BrFNO3/c1-15(6-11(16)7-18-2)12(17)8-3-9(13)5-10(14)4-8/h3-5,11,16H,6-7H2,1-2H3. The summed E-state index contributed by atoms with van der Waals surface area (Å²) in [7, 11) is 3.01. The molecule has 0 aromatic heterocycles. The molecule has 6 heteroatoms. The van der Waals surface area contributed by atoms with E-state index in [2.05, 4.69) is 15.9 Å². The summed E-state index contributed by atoms with van der Waals surface area (Å²) in [5.74, 6) is -0.844. The van der Waals surface area contributed by atoms with Gasteiger partial charge in [-0.2, -0.15) is 0 Å². The first kappa shape index (κ1) is 15.1. The molecule has 1 amide bonds. The predicted molar refractivity (Wildman–Crippen MR) is 68.9 cm³/mol. The van der Waals surface area contributed by atoms with Crippen molar-refractivity contribution in [2.24, 2.45) is 0 Å². The van der Waals surface area contributed by atoms with Crippen molar-refractivity contribution in [2.75, 3.05) is 27.3 Å². The average molecular weight is 320 g/mol. The lowest BCUT2D eigenvalue weighted by molar-refractivity contribution is 0.0380. The van der Waals surface area contributed by atoms with E-state index in [-0.39, 0.29) is 24.6 Å². The molecular formula is C12H15BrFNO3. The number of aliphatic hydroxyl groups excluding tert-OH is 1. The number of benzene rings is 1. The van der Waals surface area contributed by atoms with Gasteiger partial charge in [-0.25, -0.2) is 4.39 Å². The lowest BCUT2D eigenvalue weighted by Crippen LogP contribution is -2.36. The summed E-state index contributed by atoms with van der Waals surface area (Å²) in [6.45, 7) is 0.269. The third-order valence-electron chi connectivity index (χ3n) is 2.30. The fourth-order valence-corrected chi connectivity index (χ4v) is 2.01. The summed E-state index contributed by atoms with van der Waals surface area (Å²) >= 11 is 3.13. The van der Waals surface area contributed by atoms with Crippen LogP contribution < -0.4 is 0 Å². The molecule has 0 heterocycles. The number of carbonyl (C=O) groups is 1. The molecule has 0 radical (unpaired) electrons. The Morgan fingerprint density at radius 3 is 2.78 bits per heavy atom. The molecule has 0 saturated carbocycles. The number of ether oxygens (including phenoxy) is 1. The van der Waals surface area contributed by atoms with Gasteiger partial charge in [0.15, 0.2) is 0 Å². The largest absolute Gasteiger partial charge is 0.389 e. The van der Waals surface area contributed by atoms with Gasteiger partial charge in [0.25, 0.3) is 5.91 Å². The highest BCUT2D eigenvalue weighted by Gasteiger charge is 2.16. The quantitative estimate of drug-likeness (QED) is 0.898. The molecule has 0 saturated heterocycles. The lowest BCUT2D eigenvalue weighted by atomic mass is 10.2. The SMILES string of the molecule is COCC(O)CN(C)C(=O)c1cc(F)cc(Br)c1. The fourth-order valence-electron chi connectivity index (χ4n) is 1.54. The van der Waals surface area contributed by atoms with Crippen LogP contribution in [-0.4, -0.2) is 49.3 Å². The van der Waals surface area contributed by atoms with Gasteiger partial charge in [-0.15, -0.1) is 0 Å². The molecule has 1 atom stereocenters. The highest BCUT2D eigenvalue weighted by molar-refractivity contribution is 9.10. The Bertz CT molecular complexity index is 408. The molecule has 4 nitrogen and oxygen atoms in total. The van der Waals surface area contributed by atoms with E-state index in [1.165, 1.54) is 24.1 Å². The maximum absolute atomic E-state index is 13.2. The maximum Gasteiger partial charge on any atom is 0.253 e. The number of rotatable bonds is 5. The average Bonchev–Trinajstić information content (AvgIpc) is 2.26. The highest BCUT2D eigenvalue weighted by atomic mass is 79.9. The van der Waals surface area contributed by atoms with Crippen molar-refractivity contribution in [3.63, 3.8) is 0 Å². The maximum atomic E-state index is 13.2. The Balaban J connectivity index is 2.74. The molecule has 1 aromatic rings. The summed E-state index contributed by atoms with van der Waals surface area (Å²) in [5.41, 5.74) is 0.231. The normalized spacial score (nSPS) is 12.3. The van der Waals surface area contributed by atoms with Crippen LogP contribution in [0.4, 0.5) is 4.39 Å². The van der Waals surface area contributed by atoms with Crippen LogP contribution in [-0.2, 0) is 4.74 Å². The smallest absolute Gasteiger partial charge is 0.253 e. The van der Waals surface area contributed by atoms with E-state index in [1.54, 1.807) is 7.05 Å². The van der Waals surface area contributed by atoms with Crippen LogP contribution >= 0.6 is 15.9 Å². The predicted octanol–water partition coefficient (Wildman–Crippen LogP) is 1.67. The van der Waals surface area contributed by atoms with Gasteiger partial charge in [0.1, 0.15) is 5.82 Å². The Morgan fingerprint density at radius 2 is 2.22 bits per heavy atom. The van der Waals surface area contributed by atoms with Crippen LogP contribution in [0.3, 0.4) is 0 Å². The zero-order chi connectivity index (χ0) is 13.7. The summed E-state index contributed by atoms with van der Waals surface area (Å²) in [6, 6.07) is 3.97. The van der Waals surface area contributed by atoms with Gasteiger partial charge in [0.05, 0.1) is 12.7 Å². The first-order valence-corrected chi connectivity index (χ1v) is 6.12. The summed E-state index contributed by atoms with van der Waals surface area (Å²) in [5, 5.41) is 9.52. The fraction of sp³-hybridized carbons (Fsp3) is 0.417. The molecule has 18 heavy (non-hydrogen) atoms. The number of nitrogens with zero attached hydrogens (tertiary/aromatic N) is 1. The van der Waals surface area contributed by atoms with Gasteiger partial charge in [0.2, 0.25) is 0 Å². The number of amides is 1. The van der Waals surface area contributed by atoms with Crippen LogP contribution in [0, 0.1) is 5.82 Å². The van der Waals surface area contributed by atoms with Crippen molar-refractivity contribution >= 4 is 21.8 Å². The monoisotopic (exact) mass is 319 g/mol. The van der Waals surface area contributed by atoms with Crippen LogP contribution in [0.5, 0.6) is 0 Å². The second-order valence-electron chi connectivity index (χ2n) is 3.95. The minimum absolute atomic E-state index is 0.126. The van der Waals surface area contributed by atoms with E-state index in [0.29, 0.717) is 4.47 Å². The summed E-state index contributed by atoms with van der Waals surface area (Å²) in [4.78, 5) is 13.3. The minimum Gasteiger partial charge on any atom is -0.389 e. The second-order valence-corrected chi connectivity index (χ2v) is 4.87. The zero-order valence-electron chi connectivity index (χ0n) is 10.2. The lowest BCUT2D eigenvalue weighted by Gasteiger charge is -2.20. The van der Waals surface area contributed by atoms with E-state index in [1.807, 2.05) is 0 Å². The van der Waals surface area contributed by atoms with E-state index < -0.39 is 11.9 Å². The summed E-state index contributed by atoms with van der Waals surface area (Å²) < 4.78 is 18.4. The van der Waals surface area contributed by atoms with Gasteiger partial charge in [-0.1, -0.05) is 15.9 Å². The first-order chi connectivity index (χ1) is 8.43. The van der Waals surface area contributed by atoms with Crippen LogP contribution in [0.1, 0.15) is 10.4 Å². The van der Waals surface area contributed by atoms with E-state index in [4.69, 9.17) is 4.74 Å². The number of carbonyl (C=O) groups excluding carboxylic acids is 1. The molecule has 0 aliphatic rings. The third-order valence-corrected chi connectivity index (χ3v) is 2.76. The molecule has 1 N–H and O–H groups in total. The number of methoxy groups -OCH3 is 1. The Morgan fingerprint density at radius 1 is 1.56 bits per heavy atom. The molecule has 1 rings (SSSR count). The first-order valence-electron chi connectivity index (χ1n) is 5.32. The van der Waals surface area contributed by atoms with Gasteiger partial charge in [0, 0.05) is 30.7 Å². The number of hydrogen-bond acceptors (Lipinski definition) is 3.